The van der Waals surface area contributed by atoms with Gasteiger partial charge in [-0.2, -0.15) is 0 Å². The first-order valence-electron chi connectivity index (χ1n) is 6.77. The number of thioether (sulfide) groups is 1. The molecule has 0 unspecified atom stereocenters. The van der Waals surface area contributed by atoms with Gasteiger partial charge < -0.3 is 9.79 Å². The molecule has 2 aromatic carbocycles. The van der Waals surface area contributed by atoms with Crippen molar-refractivity contribution in [2.75, 3.05) is 5.49 Å². The maximum Gasteiger partial charge on any atom is 0.335 e. The zero-order chi connectivity index (χ0) is 15.1. The zero-order valence-electron chi connectivity index (χ0n) is 11.6. The molecule has 21 heavy (non-hydrogen) atoms. The lowest BCUT2D eigenvalue weighted by atomic mass is 10.0. The van der Waals surface area contributed by atoms with Crippen molar-refractivity contribution in [3.63, 3.8) is 0 Å². The predicted molar refractivity (Wildman–Crippen MR) is 88.6 cm³/mol. The molecule has 0 spiro atoms. The molecule has 0 saturated carbocycles. The van der Waals surface area contributed by atoms with Crippen LogP contribution in [0.2, 0.25) is 0 Å². The van der Waals surface area contributed by atoms with E-state index in [1.165, 1.54) is 22.9 Å². The molecule has 0 fully saturated rings. The van der Waals surface area contributed by atoms with E-state index < -0.39 is 7.60 Å². The molecule has 2 rings (SSSR count). The monoisotopic (exact) mass is 322 g/mol. The average molecular weight is 322 g/mol. The van der Waals surface area contributed by atoms with Gasteiger partial charge in [0.25, 0.3) is 0 Å². The Kier molecular flexibility index (Phi) is 6.07. The van der Waals surface area contributed by atoms with E-state index in [-0.39, 0.29) is 10.7 Å². The van der Waals surface area contributed by atoms with E-state index in [0.717, 1.165) is 12.8 Å². The van der Waals surface area contributed by atoms with Crippen LogP contribution in [-0.4, -0.2) is 20.5 Å². The summed E-state index contributed by atoms with van der Waals surface area (Å²) in [5.41, 5.74) is 2.26. The van der Waals surface area contributed by atoms with E-state index in [0.29, 0.717) is 0 Å². The number of hydrogen-bond donors (Lipinski definition) is 2. The summed E-state index contributed by atoms with van der Waals surface area (Å²) in [6, 6.07) is 20.1. The Bertz CT molecular complexity index is 541. The molecule has 112 valence electrons. The Morgan fingerprint density at radius 2 is 1.29 bits per heavy atom. The highest BCUT2D eigenvalue weighted by atomic mass is 32.2. The predicted octanol–water partition coefficient (Wildman–Crippen LogP) is 3.71. The van der Waals surface area contributed by atoms with Crippen LogP contribution >= 0.6 is 19.4 Å². The van der Waals surface area contributed by atoms with E-state index >= 15 is 0 Å². The summed E-state index contributed by atoms with van der Waals surface area (Å²) < 4.78 is 11.1. The van der Waals surface area contributed by atoms with Crippen LogP contribution in [-0.2, 0) is 17.4 Å². The minimum Gasteiger partial charge on any atom is -0.324 e. The summed E-state index contributed by atoms with van der Waals surface area (Å²) in [6.45, 7) is 0. The van der Waals surface area contributed by atoms with Crippen LogP contribution < -0.4 is 0 Å². The number of hydrogen-bond acceptors (Lipinski definition) is 2. The van der Waals surface area contributed by atoms with Crippen molar-refractivity contribution in [1.29, 1.82) is 0 Å². The molecule has 2 aromatic rings. The van der Waals surface area contributed by atoms with Crippen LogP contribution in [0.4, 0.5) is 0 Å². The molecule has 0 atom stereocenters. The third-order valence-electron chi connectivity index (χ3n) is 3.09. The van der Waals surface area contributed by atoms with Crippen molar-refractivity contribution < 1.29 is 14.4 Å². The van der Waals surface area contributed by atoms with Gasteiger partial charge in [-0.25, -0.2) is 0 Å². The highest BCUT2D eigenvalue weighted by Gasteiger charge is 2.18. The smallest absolute Gasteiger partial charge is 0.324 e. The van der Waals surface area contributed by atoms with Crippen LogP contribution in [0.15, 0.2) is 60.7 Å². The Labute approximate surface area is 129 Å². The van der Waals surface area contributed by atoms with Crippen molar-refractivity contribution in [2.45, 2.75) is 18.1 Å². The van der Waals surface area contributed by atoms with E-state index in [1.54, 1.807) is 0 Å². The molecule has 0 saturated heterocycles. The standard InChI is InChI=1S/C16H19O3PS/c17-20(18,19)13-21-16(11-14-7-3-1-4-8-14)12-15-9-5-2-6-10-15/h1-10,16H,11-13H2,(H2,17,18,19). The summed E-state index contributed by atoms with van der Waals surface area (Å²) >= 11 is 1.36. The summed E-state index contributed by atoms with van der Waals surface area (Å²) in [5, 5.41) is 0.155. The first-order chi connectivity index (χ1) is 10.0. The molecule has 0 radical (unpaired) electrons. The van der Waals surface area contributed by atoms with Crippen LogP contribution in [0.5, 0.6) is 0 Å². The fourth-order valence-electron chi connectivity index (χ4n) is 2.15. The Morgan fingerprint density at radius 3 is 1.67 bits per heavy atom. The van der Waals surface area contributed by atoms with Gasteiger partial charge in [-0.05, 0) is 24.0 Å². The molecule has 0 bridgehead atoms. The normalized spacial score (nSPS) is 11.8. The first-order valence-corrected chi connectivity index (χ1v) is 9.61. The van der Waals surface area contributed by atoms with E-state index in [4.69, 9.17) is 9.79 Å². The third-order valence-corrected chi connectivity index (χ3v) is 5.84. The van der Waals surface area contributed by atoms with Gasteiger partial charge in [0.15, 0.2) is 0 Å². The fraction of sp³-hybridized carbons (Fsp3) is 0.250. The Hall–Kier alpha value is -1.06. The van der Waals surface area contributed by atoms with Crippen molar-refractivity contribution in [1.82, 2.24) is 0 Å². The van der Waals surface area contributed by atoms with Gasteiger partial charge in [-0.15, -0.1) is 11.8 Å². The minimum absolute atomic E-state index is 0.128. The minimum atomic E-state index is -3.97. The van der Waals surface area contributed by atoms with Gasteiger partial charge in [0.05, 0.1) is 5.49 Å². The number of rotatable bonds is 7. The highest BCUT2D eigenvalue weighted by Crippen LogP contribution is 2.41. The van der Waals surface area contributed by atoms with E-state index in [2.05, 4.69) is 24.3 Å². The van der Waals surface area contributed by atoms with Crippen LogP contribution in [0.1, 0.15) is 11.1 Å². The van der Waals surface area contributed by atoms with Gasteiger partial charge in [0.1, 0.15) is 0 Å². The Balaban J connectivity index is 2.04. The average Bonchev–Trinajstić information content (AvgIpc) is 2.46. The summed E-state index contributed by atoms with van der Waals surface area (Å²) in [5.74, 6) is 0. The van der Waals surface area contributed by atoms with Crippen molar-refractivity contribution in [3.05, 3.63) is 71.8 Å². The SMILES string of the molecule is O=P(O)(O)CSC(Cc1ccccc1)Cc1ccccc1. The second-order valence-electron chi connectivity index (χ2n) is 4.96. The quantitative estimate of drug-likeness (QED) is 0.763. The van der Waals surface area contributed by atoms with Gasteiger partial charge in [0, 0.05) is 5.25 Å². The highest BCUT2D eigenvalue weighted by molar-refractivity contribution is 8.04. The van der Waals surface area contributed by atoms with Crippen LogP contribution in [0.25, 0.3) is 0 Å². The molecule has 0 aliphatic rings. The van der Waals surface area contributed by atoms with Gasteiger partial charge >= 0.3 is 7.60 Å². The van der Waals surface area contributed by atoms with Crippen molar-refractivity contribution >= 4 is 19.4 Å². The lowest BCUT2D eigenvalue weighted by molar-refractivity contribution is 0.379. The molecular weight excluding hydrogens is 303 g/mol. The Morgan fingerprint density at radius 1 is 0.857 bits per heavy atom. The second kappa shape index (κ2) is 7.81. The maximum absolute atomic E-state index is 11.1. The summed E-state index contributed by atoms with van der Waals surface area (Å²) in [7, 11) is -3.97. The van der Waals surface area contributed by atoms with Gasteiger partial charge in [-0.1, -0.05) is 60.7 Å². The molecule has 0 heterocycles. The molecule has 3 nitrogen and oxygen atoms in total. The van der Waals surface area contributed by atoms with Crippen molar-refractivity contribution in [2.24, 2.45) is 0 Å². The fourth-order valence-corrected chi connectivity index (χ4v) is 4.39. The molecule has 0 aliphatic heterocycles. The topological polar surface area (TPSA) is 57.5 Å². The lowest BCUT2D eigenvalue weighted by Gasteiger charge is -2.17. The molecule has 2 N–H and O–H groups in total. The molecule has 0 amide bonds. The first kappa shape index (κ1) is 16.3. The zero-order valence-corrected chi connectivity index (χ0v) is 13.3. The second-order valence-corrected chi connectivity index (χ2v) is 8.32. The molecule has 0 aromatic heterocycles. The third kappa shape index (κ3) is 6.49. The van der Waals surface area contributed by atoms with Crippen LogP contribution in [0, 0.1) is 0 Å². The molecule has 0 aliphatic carbocycles. The summed E-state index contributed by atoms with van der Waals surface area (Å²) in [6.07, 6.45) is 1.61. The van der Waals surface area contributed by atoms with Gasteiger partial charge in [-0.3, -0.25) is 4.57 Å². The summed E-state index contributed by atoms with van der Waals surface area (Å²) in [4.78, 5) is 18.2. The number of benzene rings is 2. The van der Waals surface area contributed by atoms with E-state index in [9.17, 15) is 4.57 Å². The lowest BCUT2D eigenvalue weighted by Crippen LogP contribution is -2.12. The molecule has 5 heteroatoms. The maximum atomic E-state index is 11.1. The molecular formula is C16H19O3PS. The van der Waals surface area contributed by atoms with E-state index in [1.807, 2.05) is 36.4 Å². The van der Waals surface area contributed by atoms with Crippen molar-refractivity contribution in [3.8, 4) is 0 Å². The van der Waals surface area contributed by atoms with Gasteiger partial charge in [0.2, 0.25) is 0 Å². The van der Waals surface area contributed by atoms with Crippen LogP contribution in [0.3, 0.4) is 0 Å². The largest absolute Gasteiger partial charge is 0.335 e.